The summed E-state index contributed by atoms with van der Waals surface area (Å²) in [5.74, 6) is 3.83. The van der Waals surface area contributed by atoms with Crippen molar-refractivity contribution in [1.82, 2.24) is 9.80 Å². The molecule has 0 aromatic heterocycles. The van der Waals surface area contributed by atoms with Crippen molar-refractivity contribution < 1.29 is 19.7 Å². The maximum absolute atomic E-state index is 12.7. The van der Waals surface area contributed by atoms with Crippen LogP contribution in [0.25, 0.3) is 0 Å². The quantitative estimate of drug-likeness (QED) is 0.661. The second-order valence-electron chi connectivity index (χ2n) is 11.7. The van der Waals surface area contributed by atoms with Crippen LogP contribution in [0.2, 0.25) is 0 Å². The SMILES string of the molecule is Oc1ccc2c3c1O[C@H]1[C@]4(CC[C@@]5(O)[C@@H](C2)N(CC2CC2)CC[C@]315)O[C@@H]1CS[C@@H]2CS[C@H]4N12. The molecule has 3 aliphatic carbocycles. The van der Waals surface area contributed by atoms with Gasteiger partial charge in [0.15, 0.2) is 11.5 Å². The van der Waals surface area contributed by atoms with Crippen molar-refractivity contribution in [3.8, 4) is 11.5 Å². The predicted octanol–water partition coefficient (Wildman–Crippen LogP) is 2.50. The topological polar surface area (TPSA) is 65.4 Å². The average molecular weight is 487 g/mol. The molecule has 0 unspecified atom stereocenters. The first-order valence-electron chi connectivity index (χ1n) is 12.7. The van der Waals surface area contributed by atoms with E-state index in [0.717, 1.165) is 61.8 Å². The molecule has 2 bridgehead atoms. The number of aliphatic hydroxyl groups is 1. The minimum atomic E-state index is -0.837. The van der Waals surface area contributed by atoms with Gasteiger partial charge >= 0.3 is 0 Å². The van der Waals surface area contributed by atoms with Gasteiger partial charge in [0.25, 0.3) is 0 Å². The van der Waals surface area contributed by atoms with Crippen LogP contribution in [0.3, 0.4) is 0 Å². The van der Waals surface area contributed by atoms with E-state index in [1.54, 1.807) is 0 Å². The minimum Gasteiger partial charge on any atom is -0.504 e. The third kappa shape index (κ3) is 2.07. The molecule has 8 aliphatic rings. The lowest BCUT2D eigenvalue weighted by Crippen LogP contribution is -2.80. The summed E-state index contributed by atoms with van der Waals surface area (Å²) in [6.45, 7) is 2.11. The minimum absolute atomic E-state index is 0.124. The molecule has 6 nitrogen and oxygen atoms in total. The summed E-state index contributed by atoms with van der Waals surface area (Å²) in [4.78, 5) is 5.21. The molecule has 4 saturated heterocycles. The molecule has 176 valence electrons. The third-order valence-electron chi connectivity index (χ3n) is 10.4. The Balaban J connectivity index is 1.24. The van der Waals surface area contributed by atoms with Gasteiger partial charge < -0.3 is 19.7 Å². The highest BCUT2D eigenvalue weighted by molar-refractivity contribution is 8.04. The van der Waals surface area contributed by atoms with Crippen LogP contribution in [-0.2, 0) is 16.6 Å². The van der Waals surface area contributed by atoms with E-state index in [-0.39, 0.29) is 29.5 Å². The number of hydrogen-bond acceptors (Lipinski definition) is 8. The lowest BCUT2D eigenvalue weighted by atomic mass is 9.46. The lowest BCUT2D eigenvalue weighted by Gasteiger charge is -2.66. The Bertz CT molecular complexity index is 1080. The number of nitrogens with zero attached hydrogens (tertiary/aromatic N) is 2. The molecule has 33 heavy (non-hydrogen) atoms. The Kier molecular flexibility index (Phi) is 3.56. The van der Waals surface area contributed by atoms with E-state index in [1.807, 2.05) is 29.6 Å². The Morgan fingerprint density at radius 2 is 2.03 bits per heavy atom. The number of hydrogen-bond donors (Lipinski definition) is 2. The number of piperidine rings is 1. The first-order chi connectivity index (χ1) is 16.1. The number of thioether (sulfide) groups is 2. The fraction of sp³-hybridized carbons (Fsp3) is 0.760. The van der Waals surface area contributed by atoms with Crippen LogP contribution < -0.4 is 4.74 Å². The molecular formula is C25H30N2O4S2. The number of benzene rings is 1. The maximum atomic E-state index is 12.7. The molecule has 0 radical (unpaired) electrons. The Hall–Kier alpha value is -0.640. The van der Waals surface area contributed by atoms with E-state index in [1.165, 1.54) is 18.4 Å². The third-order valence-corrected chi connectivity index (χ3v) is 13.3. The van der Waals surface area contributed by atoms with Gasteiger partial charge in [-0.25, -0.2) is 4.90 Å². The standard InChI is InChI=1S/C25H30N2O4S2/c28-15-4-3-14-9-16-25(29)6-5-24(22-27-17(31-24)11-32-18(27)12-33-22)21-23(25,19(14)20(15)30-21)7-8-26(16)10-13-1-2-13/h3-4,13,16-18,21-22,28-29H,1-2,5-12H2/t16-,17-,18-,21-,22-,23+,24+,25-/m1/s1. The van der Waals surface area contributed by atoms with E-state index in [4.69, 9.17) is 9.47 Å². The van der Waals surface area contributed by atoms with E-state index in [0.29, 0.717) is 11.1 Å². The van der Waals surface area contributed by atoms with Gasteiger partial charge in [0.05, 0.1) is 21.8 Å². The summed E-state index contributed by atoms with van der Waals surface area (Å²) >= 11 is 4.05. The molecule has 2 N–H and O–H groups in total. The number of likely N-dealkylation sites (tertiary alicyclic amines) is 1. The first kappa shape index (κ1) is 19.5. The summed E-state index contributed by atoms with van der Waals surface area (Å²) in [5.41, 5.74) is 0.615. The molecule has 2 saturated carbocycles. The molecule has 2 spiro atoms. The zero-order valence-corrected chi connectivity index (χ0v) is 20.2. The van der Waals surface area contributed by atoms with Crippen molar-refractivity contribution in [2.24, 2.45) is 5.92 Å². The Morgan fingerprint density at radius 1 is 1.12 bits per heavy atom. The number of phenolic OH excluding ortho intramolecular Hbond substituents is 1. The number of phenols is 1. The molecular weight excluding hydrogens is 456 g/mol. The molecule has 6 fully saturated rings. The highest BCUT2D eigenvalue weighted by Crippen LogP contribution is 2.71. The molecule has 5 heterocycles. The van der Waals surface area contributed by atoms with Gasteiger partial charge in [0, 0.05) is 29.7 Å². The van der Waals surface area contributed by atoms with Crippen molar-refractivity contribution in [3.05, 3.63) is 23.3 Å². The van der Waals surface area contributed by atoms with Crippen molar-refractivity contribution in [3.63, 3.8) is 0 Å². The summed E-state index contributed by atoms with van der Waals surface area (Å²) in [7, 11) is 0. The van der Waals surface area contributed by atoms with Gasteiger partial charge in [0.2, 0.25) is 0 Å². The number of rotatable bonds is 2. The first-order valence-corrected chi connectivity index (χ1v) is 14.8. The van der Waals surface area contributed by atoms with Crippen LogP contribution in [0.15, 0.2) is 12.1 Å². The smallest absolute Gasteiger partial charge is 0.165 e. The fourth-order valence-electron chi connectivity index (χ4n) is 8.93. The number of ether oxygens (including phenoxy) is 2. The Morgan fingerprint density at radius 3 is 2.91 bits per heavy atom. The van der Waals surface area contributed by atoms with Crippen LogP contribution in [0.1, 0.15) is 43.2 Å². The van der Waals surface area contributed by atoms with Crippen LogP contribution in [-0.4, -0.2) is 84.9 Å². The highest BCUT2D eigenvalue weighted by atomic mass is 32.2. The summed E-state index contributed by atoms with van der Waals surface area (Å²) < 4.78 is 13.9. The molecule has 5 aliphatic heterocycles. The van der Waals surface area contributed by atoms with Crippen LogP contribution in [0.5, 0.6) is 11.5 Å². The zero-order valence-electron chi connectivity index (χ0n) is 18.6. The second kappa shape index (κ2) is 6.01. The van der Waals surface area contributed by atoms with Gasteiger partial charge in [-0.2, -0.15) is 0 Å². The molecule has 1 aromatic carbocycles. The largest absolute Gasteiger partial charge is 0.504 e. The number of fused-ring (bicyclic) bond motifs is 2. The van der Waals surface area contributed by atoms with Crippen LogP contribution in [0.4, 0.5) is 0 Å². The monoisotopic (exact) mass is 486 g/mol. The number of aromatic hydroxyl groups is 1. The van der Waals surface area contributed by atoms with E-state index < -0.39 is 16.6 Å². The van der Waals surface area contributed by atoms with Gasteiger partial charge in [-0.3, -0.25) is 4.90 Å². The van der Waals surface area contributed by atoms with E-state index in [2.05, 4.69) is 15.9 Å². The van der Waals surface area contributed by atoms with Crippen LogP contribution in [0, 0.1) is 5.92 Å². The van der Waals surface area contributed by atoms with Crippen LogP contribution >= 0.6 is 23.5 Å². The molecule has 8 atom stereocenters. The Labute approximate surface area is 202 Å². The van der Waals surface area contributed by atoms with E-state index in [9.17, 15) is 10.2 Å². The summed E-state index contributed by atoms with van der Waals surface area (Å²) in [5, 5.41) is 24.5. The molecule has 9 rings (SSSR count). The fourth-order valence-corrected chi connectivity index (χ4v) is 12.2. The average Bonchev–Trinajstić information content (AvgIpc) is 3.14. The van der Waals surface area contributed by atoms with Gasteiger partial charge in [0.1, 0.15) is 17.9 Å². The van der Waals surface area contributed by atoms with E-state index >= 15 is 0 Å². The normalized spacial score (nSPS) is 51.1. The molecule has 0 amide bonds. The van der Waals surface area contributed by atoms with Crippen molar-refractivity contribution in [1.29, 1.82) is 0 Å². The summed E-state index contributed by atoms with van der Waals surface area (Å²) in [6, 6.07) is 4.03. The zero-order chi connectivity index (χ0) is 21.7. The molecule has 1 aromatic rings. The van der Waals surface area contributed by atoms with Crippen molar-refractivity contribution in [2.45, 2.75) is 84.3 Å². The van der Waals surface area contributed by atoms with Gasteiger partial charge in [-0.15, -0.1) is 23.5 Å². The van der Waals surface area contributed by atoms with Crippen molar-refractivity contribution >= 4 is 23.5 Å². The molecule has 8 heteroatoms. The lowest BCUT2D eigenvalue weighted by molar-refractivity contribution is -0.241. The van der Waals surface area contributed by atoms with Gasteiger partial charge in [-0.05, 0) is 62.6 Å². The second-order valence-corrected chi connectivity index (χ2v) is 14.0. The predicted molar refractivity (Wildman–Crippen MR) is 127 cm³/mol. The van der Waals surface area contributed by atoms with Crippen molar-refractivity contribution in [2.75, 3.05) is 24.6 Å². The maximum Gasteiger partial charge on any atom is 0.165 e. The van der Waals surface area contributed by atoms with Gasteiger partial charge in [-0.1, -0.05) is 6.07 Å². The summed E-state index contributed by atoms with van der Waals surface area (Å²) in [6.07, 6.45) is 5.88. The highest BCUT2D eigenvalue weighted by Gasteiger charge is 2.80.